The van der Waals surface area contributed by atoms with Gasteiger partial charge in [0.2, 0.25) is 0 Å². The van der Waals surface area contributed by atoms with Crippen LogP contribution in [0.3, 0.4) is 0 Å². The van der Waals surface area contributed by atoms with E-state index in [1.807, 2.05) is 39.0 Å². The van der Waals surface area contributed by atoms with E-state index in [1.54, 1.807) is 0 Å². The van der Waals surface area contributed by atoms with Crippen molar-refractivity contribution in [1.82, 2.24) is 5.32 Å². The van der Waals surface area contributed by atoms with Gasteiger partial charge in [0.15, 0.2) is 5.96 Å². The molecule has 0 atom stereocenters. The summed E-state index contributed by atoms with van der Waals surface area (Å²) < 4.78 is 11.0. The maximum absolute atomic E-state index is 5.78. The van der Waals surface area contributed by atoms with Gasteiger partial charge in [-0.1, -0.05) is 18.2 Å². The van der Waals surface area contributed by atoms with E-state index in [9.17, 15) is 0 Å². The number of nitrogens with zero attached hydrogens (tertiary/aromatic N) is 1. The fraction of sp³-hybridized carbons (Fsp3) is 0.562. The van der Waals surface area contributed by atoms with Gasteiger partial charge in [-0.05, 0) is 38.3 Å². The average Bonchev–Trinajstić information content (AvgIpc) is 2.46. The fourth-order valence-electron chi connectivity index (χ4n) is 1.93. The molecule has 0 spiro atoms. The van der Waals surface area contributed by atoms with Crippen LogP contribution >= 0.6 is 24.0 Å². The van der Waals surface area contributed by atoms with Crippen LogP contribution in [0.25, 0.3) is 0 Å². The first-order chi connectivity index (χ1) is 10.1. The van der Waals surface area contributed by atoms with Gasteiger partial charge in [-0.25, -0.2) is 0 Å². The summed E-state index contributed by atoms with van der Waals surface area (Å²) in [6, 6.07) is 6.12. The largest absolute Gasteiger partial charge is 0.491 e. The van der Waals surface area contributed by atoms with Crippen molar-refractivity contribution >= 4 is 29.9 Å². The van der Waals surface area contributed by atoms with Crippen LogP contribution in [0.5, 0.6) is 5.75 Å². The second-order valence-electron chi connectivity index (χ2n) is 4.81. The Balaban J connectivity index is 0.00000441. The molecule has 0 fully saturated rings. The number of aliphatic imine (C=N–C) groups is 1. The Bertz CT molecular complexity index is 433. The quantitative estimate of drug-likeness (QED) is 0.279. The van der Waals surface area contributed by atoms with Crippen molar-refractivity contribution in [3.8, 4) is 5.75 Å². The summed E-state index contributed by atoms with van der Waals surface area (Å²) in [7, 11) is 0. The molecule has 5 nitrogen and oxygen atoms in total. The van der Waals surface area contributed by atoms with Gasteiger partial charge in [-0.3, -0.25) is 4.99 Å². The van der Waals surface area contributed by atoms with E-state index in [0.29, 0.717) is 25.7 Å². The molecule has 0 aromatic heterocycles. The van der Waals surface area contributed by atoms with Crippen molar-refractivity contribution in [3.05, 3.63) is 29.3 Å². The van der Waals surface area contributed by atoms with Gasteiger partial charge in [0.25, 0.3) is 0 Å². The number of aryl methyl sites for hydroxylation is 2. The van der Waals surface area contributed by atoms with Crippen molar-refractivity contribution in [3.63, 3.8) is 0 Å². The van der Waals surface area contributed by atoms with Gasteiger partial charge >= 0.3 is 0 Å². The predicted molar refractivity (Wildman–Crippen MR) is 102 cm³/mol. The van der Waals surface area contributed by atoms with Crippen LogP contribution in [0.15, 0.2) is 23.2 Å². The van der Waals surface area contributed by atoms with E-state index in [1.165, 1.54) is 0 Å². The summed E-state index contributed by atoms with van der Waals surface area (Å²) in [5, 5.41) is 3.04. The van der Waals surface area contributed by atoms with E-state index in [4.69, 9.17) is 15.2 Å². The number of hydrogen-bond donors (Lipinski definition) is 2. The molecule has 0 aliphatic carbocycles. The highest BCUT2D eigenvalue weighted by molar-refractivity contribution is 14.0. The Morgan fingerprint density at radius 1 is 1.23 bits per heavy atom. The maximum Gasteiger partial charge on any atom is 0.188 e. The molecular formula is C16H28IN3O2. The van der Waals surface area contributed by atoms with Crippen LogP contribution in [0.2, 0.25) is 0 Å². The van der Waals surface area contributed by atoms with E-state index in [0.717, 1.165) is 36.5 Å². The molecule has 0 heterocycles. The molecule has 0 saturated heterocycles. The monoisotopic (exact) mass is 421 g/mol. The lowest BCUT2D eigenvalue weighted by atomic mass is 10.1. The molecule has 0 aliphatic heterocycles. The van der Waals surface area contributed by atoms with Crippen LogP contribution in [0.1, 0.15) is 24.5 Å². The topological polar surface area (TPSA) is 68.9 Å². The molecule has 0 unspecified atom stereocenters. The summed E-state index contributed by atoms with van der Waals surface area (Å²) in [5.74, 6) is 1.41. The third kappa shape index (κ3) is 8.43. The minimum atomic E-state index is 0. The fourth-order valence-corrected chi connectivity index (χ4v) is 1.93. The summed E-state index contributed by atoms with van der Waals surface area (Å²) in [6.45, 7) is 9.41. The third-order valence-electron chi connectivity index (χ3n) is 3.00. The van der Waals surface area contributed by atoms with Crippen molar-refractivity contribution in [2.24, 2.45) is 10.7 Å². The van der Waals surface area contributed by atoms with E-state index >= 15 is 0 Å². The average molecular weight is 421 g/mol. The number of halogens is 1. The standard InChI is InChI=1S/C16H27N3O2.HI/c1-4-20-11-6-9-18-16(17)19-10-12-21-15-13(2)7-5-8-14(15)3;/h5,7-8H,4,6,9-12H2,1-3H3,(H3,17,18,19);1H. The van der Waals surface area contributed by atoms with Crippen LogP contribution in [-0.4, -0.2) is 38.9 Å². The number of rotatable bonds is 9. The number of hydrogen-bond acceptors (Lipinski definition) is 3. The van der Waals surface area contributed by atoms with Crippen molar-refractivity contribution in [1.29, 1.82) is 0 Å². The molecule has 1 aromatic carbocycles. The number of para-hydroxylation sites is 1. The van der Waals surface area contributed by atoms with Gasteiger partial charge in [-0.15, -0.1) is 24.0 Å². The number of nitrogens with one attached hydrogen (secondary N) is 1. The van der Waals surface area contributed by atoms with Crippen LogP contribution < -0.4 is 15.8 Å². The van der Waals surface area contributed by atoms with Gasteiger partial charge in [0.05, 0.1) is 6.54 Å². The molecule has 0 bridgehead atoms. The zero-order chi connectivity index (χ0) is 15.5. The highest BCUT2D eigenvalue weighted by Gasteiger charge is 2.02. The molecule has 3 N–H and O–H groups in total. The molecule has 22 heavy (non-hydrogen) atoms. The predicted octanol–water partition coefficient (Wildman–Crippen LogP) is 2.63. The van der Waals surface area contributed by atoms with Crippen molar-refractivity contribution < 1.29 is 9.47 Å². The number of ether oxygens (including phenoxy) is 2. The summed E-state index contributed by atoms with van der Waals surface area (Å²) in [4.78, 5) is 4.22. The molecule has 126 valence electrons. The lowest BCUT2D eigenvalue weighted by molar-refractivity contribution is 0.146. The van der Waals surface area contributed by atoms with Crippen LogP contribution in [0.4, 0.5) is 0 Å². The smallest absolute Gasteiger partial charge is 0.188 e. The molecule has 0 radical (unpaired) electrons. The SMILES string of the molecule is CCOCCCN=C(N)NCCOc1c(C)cccc1C.I. The first kappa shape index (κ1) is 21.0. The third-order valence-corrected chi connectivity index (χ3v) is 3.00. The lowest BCUT2D eigenvalue weighted by Gasteiger charge is -2.12. The minimum absolute atomic E-state index is 0. The minimum Gasteiger partial charge on any atom is -0.491 e. The summed E-state index contributed by atoms with van der Waals surface area (Å²) in [5.41, 5.74) is 8.06. The highest BCUT2D eigenvalue weighted by Crippen LogP contribution is 2.21. The first-order valence-electron chi connectivity index (χ1n) is 7.45. The molecule has 1 aromatic rings. The second kappa shape index (κ2) is 12.5. The Morgan fingerprint density at radius 2 is 1.91 bits per heavy atom. The van der Waals surface area contributed by atoms with Gasteiger partial charge in [0, 0.05) is 19.8 Å². The maximum atomic E-state index is 5.78. The summed E-state index contributed by atoms with van der Waals surface area (Å²) in [6.07, 6.45) is 0.884. The lowest BCUT2D eigenvalue weighted by Crippen LogP contribution is -2.35. The Kier molecular flexibility index (Phi) is 11.9. The molecule has 0 saturated carbocycles. The zero-order valence-corrected chi connectivity index (χ0v) is 16.1. The second-order valence-corrected chi connectivity index (χ2v) is 4.81. The zero-order valence-electron chi connectivity index (χ0n) is 13.7. The Labute approximate surface area is 150 Å². The van der Waals surface area contributed by atoms with Gasteiger partial charge < -0.3 is 20.5 Å². The van der Waals surface area contributed by atoms with E-state index in [-0.39, 0.29) is 24.0 Å². The normalized spacial score (nSPS) is 11.0. The Morgan fingerprint density at radius 3 is 2.55 bits per heavy atom. The molecule has 0 amide bonds. The molecule has 6 heteroatoms. The van der Waals surface area contributed by atoms with Gasteiger partial charge in [-0.2, -0.15) is 0 Å². The van der Waals surface area contributed by atoms with Crippen LogP contribution in [-0.2, 0) is 4.74 Å². The first-order valence-corrected chi connectivity index (χ1v) is 7.45. The number of benzene rings is 1. The number of guanidine groups is 1. The van der Waals surface area contributed by atoms with E-state index in [2.05, 4.69) is 10.3 Å². The highest BCUT2D eigenvalue weighted by atomic mass is 127. The van der Waals surface area contributed by atoms with Gasteiger partial charge in [0.1, 0.15) is 12.4 Å². The Hall–Kier alpha value is -1.02. The molecule has 1 rings (SSSR count). The number of nitrogens with two attached hydrogens (primary N) is 1. The molecule has 0 aliphatic rings. The van der Waals surface area contributed by atoms with Crippen molar-refractivity contribution in [2.45, 2.75) is 27.2 Å². The van der Waals surface area contributed by atoms with E-state index < -0.39 is 0 Å². The van der Waals surface area contributed by atoms with Crippen LogP contribution in [0, 0.1) is 13.8 Å². The summed E-state index contributed by atoms with van der Waals surface area (Å²) >= 11 is 0. The van der Waals surface area contributed by atoms with Crippen molar-refractivity contribution in [2.75, 3.05) is 32.9 Å². The molecular weight excluding hydrogens is 393 g/mol.